The van der Waals surface area contributed by atoms with E-state index in [0.29, 0.717) is 23.8 Å². The molecule has 35 heavy (non-hydrogen) atoms. The highest BCUT2D eigenvalue weighted by atomic mass is 16.7. The van der Waals surface area contributed by atoms with E-state index in [1.165, 1.54) is 30.3 Å². The summed E-state index contributed by atoms with van der Waals surface area (Å²) >= 11 is 0. The predicted molar refractivity (Wildman–Crippen MR) is 123 cm³/mol. The lowest BCUT2D eigenvalue weighted by Crippen LogP contribution is -2.44. The molecule has 1 spiro atoms. The second-order valence-electron chi connectivity index (χ2n) is 8.35. The number of fused-ring (bicyclic) bond motifs is 1. The number of rotatable bonds is 4. The molecule has 3 aromatic carbocycles. The van der Waals surface area contributed by atoms with Crippen LogP contribution in [-0.4, -0.2) is 28.6 Å². The van der Waals surface area contributed by atoms with Gasteiger partial charge in [-0.25, -0.2) is 14.4 Å². The van der Waals surface area contributed by atoms with Crippen molar-refractivity contribution in [1.82, 2.24) is 0 Å². The molecule has 1 aliphatic carbocycles. The number of nitro benzene ring substituents is 1. The zero-order chi connectivity index (χ0) is 24.6. The van der Waals surface area contributed by atoms with E-state index in [2.05, 4.69) is 0 Å². The number of nitrogens with zero attached hydrogens (tertiary/aromatic N) is 1. The van der Waals surface area contributed by atoms with Crippen molar-refractivity contribution in [2.75, 3.05) is 0 Å². The third-order valence-electron chi connectivity index (χ3n) is 6.10. The first-order valence-corrected chi connectivity index (χ1v) is 11.0. The maximum Gasteiger partial charge on any atom is 0.348 e. The minimum Gasteiger partial charge on any atom is -0.422 e. The number of ether oxygens (including phenoxy) is 3. The van der Waals surface area contributed by atoms with Crippen molar-refractivity contribution in [1.29, 1.82) is 0 Å². The van der Waals surface area contributed by atoms with Gasteiger partial charge in [-0.05, 0) is 47.9 Å². The number of esters is 3. The Hall–Kier alpha value is -4.53. The van der Waals surface area contributed by atoms with Crippen molar-refractivity contribution in [3.8, 4) is 5.75 Å². The van der Waals surface area contributed by atoms with Crippen molar-refractivity contribution in [3.63, 3.8) is 0 Å². The summed E-state index contributed by atoms with van der Waals surface area (Å²) in [5.74, 6) is -3.43. The van der Waals surface area contributed by atoms with E-state index < -0.39 is 28.6 Å². The predicted octanol–water partition coefficient (Wildman–Crippen LogP) is 4.72. The second kappa shape index (κ2) is 8.68. The van der Waals surface area contributed by atoms with E-state index in [4.69, 9.17) is 14.2 Å². The summed E-state index contributed by atoms with van der Waals surface area (Å²) in [6.07, 6.45) is 3.83. The molecule has 0 bridgehead atoms. The fourth-order valence-corrected chi connectivity index (χ4v) is 4.32. The van der Waals surface area contributed by atoms with Gasteiger partial charge in [-0.15, -0.1) is 0 Å². The van der Waals surface area contributed by atoms with Crippen molar-refractivity contribution in [3.05, 3.63) is 87.5 Å². The van der Waals surface area contributed by atoms with Crippen LogP contribution in [0, 0.1) is 10.1 Å². The van der Waals surface area contributed by atoms with Crippen molar-refractivity contribution in [2.45, 2.75) is 31.5 Å². The van der Waals surface area contributed by atoms with Gasteiger partial charge in [0.05, 0.1) is 10.5 Å². The number of carbonyl (C=O) groups is 3. The maximum absolute atomic E-state index is 12.8. The summed E-state index contributed by atoms with van der Waals surface area (Å²) in [7, 11) is 0. The molecule has 0 atom stereocenters. The Morgan fingerprint density at radius 3 is 2.26 bits per heavy atom. The molecular weight excluding hydrogens is 454 g/mol. The third-order valence-corrected chi connectivity index (χ3v) is 6.10. The molecule has 1 saturated heterocycles. The summed E-state index contributed by atoms with van der Waals surface area (Å²) in [5, 5.41) is 12.3. The molecule has 2 fully saturated rings. The number of carbonyl (C=O) groups excluding carboxylic acids is 3. The van der Waals surface area contributed by atoms with E-state index >= 15 is 0 Å². The Labute approximate surface area is 199 Å². The van der Waals surface area contributed by atoms with Gasteiger partial charge in [0, 0.05) is 30.5 Å². The van der Waals surface area contributed by atoms with E-state index in [-0.39, 0.29) is 22.6 Å². The van der Waals surface area contributed by atoms with Gasteiger partial charge in [0.1, 0.15) is 11.3 Å². The summed E-state index contributed by atoms with van der Waals surface area (Å²) < 4.78 is 16.6. The lowest BCUT2D eigenvalue weighted by atomic mass is 10.0. The van der Waals surface area contributed by atoms with Gasteiger partial charge in [0.2, 0.25) is 0 Å². The Morgan fingerprint density at radius 2 is 1.60 bits per heavy atom. The van der Waals surface area contributed by atoms with E-state index in [1.807, 2.05) is 12.1 Å². The van der Waals surface area contributed by atoms with Gasteiger partial charge in [-0.2, -0.15) is 0 Å². The van der Waals surface area contributed by atoms with Crippen LogP contribution in [0.1, 0.15) is 41.6 Å². The van der Waals surface area contributed by atoms with Gasteiger partial charge < -0.3 is 14.2 Å². The zero-order valence-corrected chi connectivity index (χ0v) is 18.4. The van der Waals surface area contributed by atoms with Crippen LogP contribution in [0.2, 0.25) is 0 Å². The smallest absolute Gasteiger partial charge is 0.348 e. The normalized spacial score (nSPS) is 16.6. The van der Waals surface area contributed by atoms with Crippen molar-refractivity contribution in [2.24, 2.45) is 0 Å². The third kappa shape index (κ3) is 4.23. The lowest BCUT2D eigenvalue weighted by Gasteiger charge is -2.32. The molecule has 0 N–H and O–H groups in total. The van der Waals surface area contributed by atoms with Crippen LogP contribution < -0.4 is 4.74 Å². The average molecular weight is 473 g/mol. The summed E-state index contributed by atoms with van der Waals surface area (Å²) in [6, 6.07) is 15.5. The fourth-order valence-electron chi connectivity index (χ4n) is 4.32. The molecule has 1 saturated carbocycles. The molecule has 1 aliphatic heterocycles. The summed E-state index contributed by atoms with van der Waals surface area (Å²) in [6.45, 7) is 0. The van der Waals surface area contributed by atoms with E-state index in [9.17, 15) is 24.5 Å². The SMILES string of the molecule is O=C1OC2(CCCC2)OC(=O)C1=Cc1c(OC(=O)c2ccc([N+](=O)[O-])cc2)ccc2ccccc12. The molecule has 0 aromatic heterocycles. The van der Waals surface area contributed by atoms with Crippen LogP contribution in [-0.2, 0) is 19.1 Å². The highest BCUT2D eigenvalue weighted by Gasteiger charge is 2.48. The first kappa shape index (κ1) is 22.3. The maximum atomic E-state index is 12.8. The molecule has 2 aliphatic rings. The van der Waals surface area contributed by atoms with Crippen molar-refractivity contribution < 1.29 is 33.5 Å². The van der Waals surface area contributed by atoms with Gasteiger partial charge >= 0.3 is 17.9 Å². The molecule has 0 amide bonds. The van der Waals surface area contributed by atoms with Gasteiger partial charge in [0.25, 0.3) is 11.5 Å². The largest absolute Gasteiger partial charge is 0.422 e. The number of non-ortho nitro benzene ring substituents is 1. The van der Waals surface area contributed by atoms with Gasteiger partial charge in [-0.3, -0.25) is 10.1 Å². The highest BCUT2D eigenvalue weighted by molar-refractivity contribution is 6.20. The van der Waals surface area contributed by atoms with Crippen LogP contribution in [0.4, 0.5) is 5.69 Å². The van der Waals surface area contributed by atoms with Crippen LogP contribution >= 0.6 is 0 Å². The van der Waals surface area contributed by atoms with E-state index in [0.717, 1.165) is 18.2 Å². The first-order chi connectivity index (χ1) is 16.8. The molecule has 0 unspecified atom stereocenters. The average Bonchev–Trinajstić information content (AvgIpc) is 3.29. The minimum absolute atomic E-state index is 0.0984. The number of hydrogen-bond donors (Lipinski definition) is 0. The number of hydrogen-bond acceptors (Lipinski definition) is 8. The Morgan fingerprint density at radius 1 is 0.943 bits per heavy atom. The molecule has 5 rings (SSSR count). The topological polar surface area (TPSA) is 122 Å². The first-order valence-electron chi connectivity index (χ1n) is 11.0. The second-order valence-corrected chi connectivity index (χ2v) is 8.35. The minimum atomic E-state index is -1.20. The molecule has 9 heteroatoms. The Bertz CT molecular complexity index is 1380. The van der Waals surface area contributed by atoms with Crippen LogP contribution in [0.3, 0.4) is 0 Å². The fraction of sp³-hybridized carbons (Fsp3) is 0.192. The Kier molecular flexibility index (Phi) is 5.52. The molecule has 9 nitrogen and oxygen atoms in total. The van der Waals surface area contributed by atoms with Crippen LogP contribution in [0.25, 0.3) is 16.8 Å². The van der Waals surface area contributed by atoms with Crippen molar-refractivity contribution >= 4 is 40.4 Å². The molecule has 176 valence electrons. The molecule has 0 radical (unpaired) electrons. The highest BCUT2D eigenvalue weighted by Crippen LogP contribution is 2.39. The van der Waals surface area contributed by atoms with Crippen LogP contribution in [0.15, 0.2) is 66.2 Å². The summed E-state index contributed by atoms with van der Waals surface area (Å²) in [5.41, 5.74) is -0.0368. The molecule has 3 aromatic rings. The lowest BCUT2D eigenvalue weighted by molar-refractivity contribution is -0.384. The monoisotopic (exact) mass is 473 g/mol. The molecule has 1 heterocycles. The zero-order valence-electron chi connectivity index (χ0n) is 18.4. The Balaban J connectivity index is 1.52. The van der Waals surface area contributed by atoms with Crippen LogP contribution in [0.5, 0.6) is 5.75 Å². The molecular formula is C26H19NO8. The number of nitro groups is 1. The standard InChI is InChI=1S/C26H19NO8/c28-23(17-7-10-18(11-8-17)27(31)32)33-22-12-9-16-5-1-2-6-19(16)20(22)15-21-24(29)34-26(35-25(21)30)13-3-4-14-26/h1-2,5-12,15H,3-4,13-14H2. The quantitative estimate of drug-likeness (QED) is 0.133. The van der Waals surface area contributed by atoms with Gasteiger partial charge in [-0.1, -0.05) is 30.3 Å². The summed E-state index contributed by atoms with van der Waals surface area (Å²) in [4.78, 5) is 48.7. The van der Waals surface area contributed by atoms with Gasteiger partial charge in [0.15, 0.2) is 0 Å². The number of benzene rings is 3. The van der Waals surface area contributed by atoms with E-state index in [1.54, 1.807) is 24.3 Å².